The number of carbonyl (C=O) groups is 1. The molecule has 0 saturated carbocycles. The van der Waals surface area contributed by atoms with Crippen molar-refractivity contribution >= 4 is 55.1 Å². The minimum Gasteiger partial charge on any atom is -0.486 e. The normalized spacial score (nSPS) is 11.1. The lowest BCUT2D eigenvalue weighted by Gasteiger charge is -2.14. The fourth-order valence-corrected chi connectivity index (χ4v) is 4.04. The summed E-state index contributed by atoms with van der Waals surface area (Å²) in [5.41, 5.74) is 0.949. The number of nitro benzene ring substituents is 1. The number of nitro groups is 1. The minimum absolute atomic E-state index is 0.0157. The number of hydrogen-bond donors (Lipinski definition) is 1. The van der Waals surface area contributed by atoms with Crippen molar-refractivity contribution < 1.29 is 24.3 Å². The van der Waals surface area contributed by atoms with Crippen molar-refractivity contribution in [1.29, 1.82) is 0 Å². The molecular formula is C19H20Br2ClNO6. The Morgan fingerprint density at radius 1 is 1.28 bits per heavy atom. The summed E-state index contributed by atoms with van der Waals surface area (Å²) in [5.74, 6) is -0.267. The number of carbonyl (C=O) groups excluding carboxylic acids is 1. The van der Waals surface area contributed by atoms with Gasteiger partial charge in [0.1, 0.15) is 17.4 Å². The van der Waals surface area contributed by atoms with Gasteiger partial charge >= 0.3 is 5.97 Å². The van der Waals surface area contributed by atoms with Crippen LogP contribution in [0.5, 0.6) is 5.75 Å². The van der Waals surface area contributed by atoms with Crippen LogP contribution in [-0.4, -0.2) is 29.2 Å². The topological polar surface area (TPSA) is 98.9 Å². The van der Waals surface area contributed by atoms with Crippen LogP contribution in [0.2, 0.25) is 5.02 Å². The van der Waals surface area contributed by atoms with E-state index in [4.69, 9.17) is 16.3 Å². The third-order valence-electron chi connectivity index (χ3n) is 3.59. The van der Waals surface area contributed by atoms with Crippen LogP contribution in [0.1, 0.15) is 25.0 Å². The number of aliphatic hydroxyl groups is 1. The van der Waals surface area contributed by atoms with Crippen LogP contribution in [0.15, 0.2) is 39.3 Å². The van der Waals surface area contributed by atoms with Gasteiger partial charge in [0.05, 0.1) is 21.0 Å². The molecule has 2 rings (SSSR count). The first-order chi connectivity index (χ1) is 13.7. The quantitative estimate of drug-likeness (QED) is 0.278. The van der Waals surface area contributed by atoms with Crippen LogP contribution in [0.25, 0.3) is 0 Å². The molecule has 29 heavy (non-hydrogen) atoms. The van der Waals surface area contributed by atoms with Gasteiger partial charge in [0.25, 0.3) is 5.69 Å². The first kappa shape index (κ1) is 25.4. The van der Waals surface area contributed by atoms with Crippen LogP contribution < -0.4 is 4.74 Å². The number of nitrogens with zero attached hydrogens (tertiary/aromatic N) is 1. The Hall–Kier alpha value is -1.68. The third kappa shape index (κ3) is 6.95. The summed E-state index contributed by atoms with van der Waals surface area (Å²) in [7, 11) is 1.20. The van der Waals surface area contributed by atoms with E-state index < -0.39 is 17.0 Å². The maximum absolute atomic E-state index is 11.3. The largest absolute Gasteiger partial charge is 0.486 e. The summed E-state index contributed by atoms with van der Waals surface area (Å²) in [6, 6.07) is 7.88. The zero-order chi connectivity index (χ0) is 22.1. The molecule has 7 nitrogen and oxygen atoms in total. The van der Waals surface area contributed by atoms with Crippen molar-refractivity contribution in [3.8, 4) is 5.75 Å². The molecule has 0 spiro atoms. The molecule has 10 heteroatoms. The van der Waals surface area contributed by atoms with Crippen molar-refractivity contribution in [3.05, 3.63) is 65.5 Å². The van der Waals surface area contributed by atoms with Gasteiger partial charge in [-0.05, 0) is 49.6 Å². The van der Waals surface area contributed by atoms with Gasteiger partial charge in [-0.3, -0.25) is 10.1 Å². The van der Waals surface area contributed by atoms with Crippen molar-refractivity contribution in [3.63, 3.8) is 0 Å². The van der Waals surface area contributed by atoms with Crippen LogP contribution in [0.3, 0.4) is 0 Å². The molecule has 2 aromatic rings. The Balaban J connectivity index is 0.00000204. The second kappa shape index (κ2) is 12.1. The van der Waals surface area contributed by atoms with Crippen LogP contribution in [0.4, 0.5) is 5.69 Å². The van der Waals surface area contributed by atoms with E-state index in [1.807, 2.05) is 13.8 Å². The molecule has 158 valence electrons. The van der Waals surface area contributed by atoms with E-state index in [0.29, 0.717) is 25.8 Å². The van der Waals surface area contributed by atoms with Crippen molar-refractivity contribution in [1.82, 2.24) is 0 Å². The molecule has 0 aliphatic carbocycles. The molecule has 0 amide bonds. The number of benzene rings is 2. The number of rotatable bonds is 7. The smallest absolute Gasteiger partial charge is 0.335 e. The average molecular weight is 554 g/mol. The summed E-state index contributed by atoms with van der Waals surface area (Å²) in [5, 5.41) is 20.8. The van der Waals surface area contributed by atoms with Crippen LogP contribution in [0, 0.1) is 10.1 Å². The van der Waals surface area contributed by atoms with Gasteiger partial charge in [-0.25, -0.2) is 4.79 Å². The summed E-state index contributed by atoms with van der Waals surface area (Å²) in [6.07, 6.45) is -1.20. The van der Waals surface area contributed by atoms with E-state index in [0.717, 1.165) is 0 Å². The molecule has 0 saturated heterocycles. The highest BCUT2D eigenvalue weighted by Gasteiger charge is 2.19. The Bertz CT molecular complexity index is 855. The Labute approximate surface area is 190 Å². The first-order valence-corrected chi connectivity index (χ1v) is 10.5. The molecule has 1 unspecified atom stereocenters. The van der Waals surface area contributed by atoms with E-state index in [2.05, 4.69) is 36.6 Å². The van der Waals surface area contributed by atoms with Gasteiger partial charge in [-0.1, -0.05) is 37.6 Å². The molecule has 0 heterocycles. The van der Waals surface area contributed by atoms with E-state index in [1.165, 1.54) is 19.2 Å². The van der Waals surface area contributed by atoms with Crippen LogP contribution in [-0.2, 0) is 22.6 Å². The lowest BCUT2D eigenvalue weighted by atomic mass is 10.1. The molecule has 1 atom stereocenters. The standard InChI is InChI=1S/C17H14Br2ClNO6.C2H6/c1-26-17(23)14(22)7-9-5-11(18)16(12(19)6-9)27-8-10-3-2-4-13(15(10)20)21(24)25;1-2/h2-6,14,22H,7-8H2,1H3;1-2H3. The second-order valence-corrected chi connectivity index (χ2v) is 7.51. The molecule has 0 aromatic heterocycles. The summed E-state index contributed by atoms with van der Waals surface area (Å²) < 4.78 is 11.4. The molecule has 2 aromatic carbocycles. The lowest BCUT2D eigenvalue weighted by Crippen LogP contribution is -2.24. The lowest BCUT2D eigenvalue weighted by molar-refractivity contribution is -0.384. The van der Waals surface area contributed by atoms with Gasteiger partial charge in [-0.2, -0.15) is 0 Å². The fourth-order valence-electron chi connectivity index (χ4n) is 2.28. The summed E-state index contributed by atoms with van der Waals surface area (Å²) >= 11 is 12.8. The Morgan fingerprint density at radius 3 is 2.38 bits per heavy atom. The predicted molar refractivity (Wildman–Crippen MR) is 117 cm³/mol. The average Bonchev–Trinajstić information content (AvgIpc) is 2.69. The number of halogens is 3. The zero-order valence-electron chi connectivity index (χ0n) is 15.9. The minimum atomic E-state index is -1.27. The van der Waals surface area contributed by atoms with Crippen molar-refractivity contribution in [2.24, 2.45) is 0 Å². The maximum atomic E-state index is 11.3. The Morgan fingerprint density at radius 2 is 1.86 bits per heavy atom. The number of hydrogen-bond acceptors (Lipinski definition) is 6. The number of aliphatic hydroxyl groups excluding tert-OH is 1. The maximum Gasteiger partial charge on any atom is 0.335 e. The van der Waals surface area contributed by atoms with E-state index >= 15 is 0 Å². The van der Waals surface area contributed by atoms with Gasteiger partial charge < -0.3 is 14.6 Å². The van der Waals surface area contributed by atoms with Gasteiger partial charge in [0, 0.05) is 18.1 Å². The fraction of sp³-hybridized carbons (Fsp3) is 0.316. The molecule has 0 aliphatic rings. The molecule has 0 radical (unpaired) electrons. The van der Waals surface area contributed by atoms with Crippen molar-refractivity contribution in [2.75, 3.05) is 7.11 Å². The van der Waals surface area contributed by atoms with E-state index in [1.54, 1.807) is 18.2 Å². The highest BCUT2D eigenvalue weighted by Crippen LogP contribution is 2.36. The molecule has 0 aliphatic heterocycles. The van der Waals surface area contributed by atoms with Crippen molar-refractivity contribution in [2.45, 2.75) is 33.0 Å². The van der Waals surface area contributed by atoms with Gasteiger partial charge in [0.2, 0.25) is 0 Å². The molecule has 0 fully saturated rings. The zero-order valence-corrected chi connectivity index (χ0v) is 19.9. The molecule has 0 bridgehead atoms. The SMILES string of the molecule is CC.COC(=O)C(O)Cc1cc(Br)c(OCc2cccc([N+](=O)[O-])c2Cl)c(Br)c1. The first-order valence-electron chi connectivity index (χ1n) is 8.53. The predicted octanol–water partition coefficient (Wildman–Crippen LogP) is 5.45. The van der Waals surface area contributed by atoms with Crippen LogP contribution >= 0.6 is 43.5 Å². The highest BCUT2D eigenvalue weighted by atomic mass is 79.9. The molecule has 1 N–H and O–H groups in total. The van der Waals surface area contributed by atoms with Gasteiger partial charge in [-0.15, -0.1) is 0 Å². The summed E-state index contributed by atoms with van der Waals surface area (Å²) in [4.78, 5) is 21.7. The number of ether oxygens (including phenoxy) is 2. The Kier molecular flexibility index (Phi) is 10.6. The number of esters is 1. The monoisotopic (exact) mass is 551 g/mol. The van der Waals surface area contributed by atoms with E-state index in [9.17, 15) is 20.0 Å². The number of methoxy groups -OCH3 is 1. The third-order valence-corrected chi connectivity index (χ3v) is 5.20. The van der Waals surface area contributed by atoms with Gasteiger partial charge in [0.15, 0.2) is 6.10 Å². The highest BCUT2D eigenvalue weighted by molar-refractivity contribution is 9.11. The second-order valence-electron chi connectivity index (χ2n) is 5.43. The van der Waals surface area contributed by atoms with E-state index in [-0.39, 0.29) is 23.7 Å². The summed E-state index contributed by atoms with van der Waals surface area (Å²) in [6.45, 7) is 4.02. The molecular weight excluding hydrogens is 533 g/mol.